The fourth-order valence-corrected chi connectivity index (χ4v) is 3.21. The van der Waals surface area contributed by atoms with Gasteiger partial charge in [0.05, 0.1) is 16.6 Å². The summed E-state index contributed by atoms with van der Waals surface area (Å²) >= 11 is 0. The molecule has 4 aromatic rings. The molecule has 10 heteroatoms. The third-order valence-electron chi connectivity index (χ3n) is 4.69. The molecule has 2 aromatic heterocycles. The zero-order valence-corrected chi connectivity index (χ0v) is 17.6. The van der Waals surface area contributed by atoms with Gasteiger partial charge in [0.25, 0.3) is 5.91 Å². The van der Waals surface area contributed by atoms with Crippen molar-refractivity contribution in [2.45, 2.75) is 12.6 Å². The van der Waals surface area contributed by atoms with Crippen molar-refractivity contribution in [1.29, 1.82) is 0 Å². The van der Waals surface area contributed by atoms with Crippen LogP contribution in [0.25, 0.3) is 11.0 Å². The summed E-state index contributed by atoms with van der Waals surface area (Å²) < 4.78 is 38.7. The zero-order chi connectivity index (χ0) is 22.0. The van der Waals surface area contributed by atoms with E-state index in [1.54, 1.807) is 25.4 Å². The van der Waals surface area contributed by atoms with E-state index in [0.717, 1.165) is 28.8 Å². The number of amides is 1. The smallest absolute Gasteiger partial charge is 0.354 e. The van der Waals surface area contributed by atoms with E-state index in [9.17, 15) is 18.0 Å². The van der Waals surface area contributed by atoms with Crippen LogP contribution in [-0.2, 0) is 12.6 Å². The van der Waals surface area contributed by atoms with Crippen molar-refractivity contribution >= 4 is 41.0 Å². The van der Waals surface area contributed by atoms with Gasteiger partial charge in [-0.05, 0) is 60.0 Å². The number of aromatic nitrogens is 3. The van der Waals surface area contributed by atoms with Crippen LogP contribution in [0.15, 0.2) is 60.8 Å². The molecule has 0 saturated carbocycles. The lowest BCUT2D eigenvalue weighted by molar-refractivity contribution is -0.137. The highest BCUT2D eigenvalue weighted by atomic mass is 35.5. The van der Waals surface area contributed by atoms with Gasteiger partial charge in [-0.2, -0.15) is 13.2 Å². The number of carbonyl (C=O) groups is 1. The van der Waals surface area contributed by atoms with Crippen LogP contribution in [-0.4, -0.2) is 27.9 Å². The predicted octanol–water partition coefficient (Wildman–Crippen LogP) is 5.09. The summed E-state index contributed by atoms with van der Waals surface area (Å²) in [6.07, 6.45) is -2.24. The lowest BCUT2D eigenvalue weighted by Crippen LogP contribution is -2.19. The molecule has 0 aliphatic rings. The van der Waals surface area contributed by atoms with Gasteiger partial charge >= 0.3 is 6.18 Å². The van der Waals surface area contributed by atoms with E-state index in [-0.39, 0.29) is 24.0 Å². The first kappa shape index (κ1) is 23.1. The van der Waals surface area contributed by atoms with Gasteiger partial charge in [0, 0.05) is 18.9 Å². The number of imidazole rings is 1. The Hall–Kier alpha value is -3.59. The molecule has 0 bridgehead atoms. The lowest BCUT2D eigenvalue weighted by atomic mass is 10.0. The molecular weight excluding hydrogens is 443 g/mol. The van der Waals surface area contributed by atoms with Crippen LogP contribution in [0.2, 0.25) is 0 Å². The summed E-state index contributed by atoms with van der Waals surface area (Å²) in [5, 5.41) is 5.43. The van der Waals surface area contributed by atoms with Crippen molar-refractivity contribution < 1.29 is 18.0 Å². The van der Waals surface area contributed by atoms with Gasteiger partial charge in [-0.25, -0.2) is 4.98 Å². The second kappa shape index (κ2) is 9.27. The second-order valence-corrected chi connectivity index (χ2v) is 6.95. The number of hydrogen-bond acceptors (Lipinski definition) is 4. The van der Waals surface area contributed by atoms with Gasteiger partial charge < -0.3 is 15.6 Å². The van der Waals surface area contributed by atoms with E-state index in [1.165, 1.54) is 6.07 Å². The summed E-state index contributed by atoms with van der Waals surface area (Å²) in [4.78, 5) is 23.3. The maximum Gasteiger partial charge on any atom is 0.416 e. The van der Waals surface area contributed by atoms with Crippen LogP contribution < -0.4 is 10.6 Å². The third-order valence-corrected chi connectivity index (χ3v) is 4.69. The highest BCUT2D eigenvalue weighted by Gasteiger charge is 2.30. The monoisotopic (exact) mass is 461 g/mol. The summed E-state index contributed by atoms with van der Waals surface area (Å²) in [6.45, 7) is 0. The maximum absolute atomic E-state index is 12.9. The van der Waals surface area contributed by atoms with E-state index in [4.69, 9.17) is 0 Å². The quantitative estimate of drug-likeness (QED) is 0.386. The van der Waals surface area contributed by atoms with Crippen molar-refractivity contribution in [2.24, 2.45) is 0 Å². The molecule has 2 aromatic carbocycles. The van der Waals surface area contributed by atoms with Crippen molar-refractivity contribution in [2.75, 3.05) is 12.4 Å². The number of fused-ring (bicyclic) bond motifs is 1. The summed E-state index contributed by atoms with van der Waals surface area (Å²) in [6, 6.07) is 14.2. The first-order valence-electron chi connectivity index (χ1n) is 9.42. The van der Waals surface area contributed by atoms with Crippen molar-refractivity contribution in [3.8, 4) is 0 Å². The van der Waals surface area contributed by atoms with E-state index in [1.807, 2.05) is 24.3 Å². The van der Waals surface area contributed by atoms with Crippen molar-refractivity contribution in [1.82, 2.24) is 20.3 Å². The molecule has 0 aliphatic carbocycles. The standard InChI is InChI=1S/C22H18F3N5O.ClH/c1-26-20(31)19-11-14(7-8-27-19)9-13-5-6-17-18(10-13)30-21(29-17)28-16-4-2-3-15(12-16)22(23,24)25;/h2-8,10-12H,9H2,1H3,(H,26,31)(H2,28,29,30);1H. The Kier molecular flexibility index (Phi) is 6.69. The first-order chi connectivity index (χ1) is 14.8. The number of nitrogens with one attached hydrogen (secondary N) is 3. The number of hydrogen-bond donors (Lipinski definition) is 3. The molecule has 1 amide bonds. The van der Waals surface area contributed by atoms with Crippen molar-refractivity contribution in [3.05, 3.63) is 83.2 Å². The van der Waals surface area contributed by atoms with Crippen LogP contribution in [0.4, 0.5) is 24.8 Å². The minimum Gasteiger partial charge on any atom is -0.354 e. The summed E-state index contributed by atoms with van der Waals surface area (Å²) in [5.74, 6) is 0.0912. The van der Waals surface area contributed by atoms with E-state index in [2.05, 4.69) is 25.6 Å². The minimum atomic E-state index is -4.41. The van der Waals surface area contributed by atoms with Gasteiger partial charge in [0.1, 0.15) is 5.69 Å². The molecule has 6 nitrogen and oxygen atoms in total. The molecule has 0 atom stereocenters. The molecular formula is C22H19ClF3N5O. The van der Waals surface area contributed by atoms with Gasteiger partial charge in [-0.1, -0.05) is 12.1 Å². The topological polar surface area (TPSA) is 82.7 Å². The van der Waals surface area contributed by atoms with Crippen LogP contribution >= 0.6 is 12.4 Å². The normalized spacial score (nSPS) is 11.1. The Morgan fingerprint density at radius 1 is 1.06 bits per heavy atom. The summed E-state index contributed by atoms with van der Waals surface area (Å²) in [5.41, 5.74) is 3.23. The molecule has 166 valence electrons. The largest absolute Gasteiger partial charge is 0.416 e. The number of pyridine rings is 1. The van der Waals surface area contributed by atoms with E-state index >= 15 is 0 Å². The summed E-state index contributed by atoms with van der Waals surface area (Å²) in [7, 11) is 1.55. The molecule has 0 aliphatic heterocycles. The molecule has 4 rings (SSSR count). The van der Waals surface area contributed by atoms with Crippen LogP contribution in [0.3, 0.4) is 0 Å². The fourth-order valence-electron chi connectivity index (χ4n) is 3.21. The second-order valence-electron chi connectivity index (χ2n) is 6.95. The predicted molar refractivity (Wildman–Crippen MR) is 119 cm³/mol. The average Bonchev–Trinajstić information content (AvgIpc) is 3.14. The molecule has 2 heterocycles. The van der Waals surface area contributed by atoms with Gasteiger partial charge in [0.2, 0.25) is 5.95 Å². The Balaban J connectivity index is 0.00000289. The van der Waals surface area contributed by atoms with Gasteiger partial charge in [-0.15, -0.1) is 12.4 Å². The highest BCUT2D eigenvalue weighted by molar-refractivity contribution is 5.92. The molecule has 3 N–H and O–H groups in total. The molecule has 0 spiro atoms. The van der Waals surface area contributed by atoms with E-state index in [0.29, 0.717) is 23.6 Å². The fraction of sp³-hybridized carbons (Fsp3) is 0.136. The van der Waals surface area contributed by atoms with Crippen LogP contribution in [0.5, 0.6) is 0 Å². The minimum absolute atomic E-state index is 0. The number of halogens is 4. The molecule has 0 saturated heterocycles. The first-order valence-corrected chi connectivity index (χ1v) is 9.42. The number of benzene rings is 2. The Labute approximate surface area is 187 Å². The lowest BCUT2D eigenvalue weighted by Gasteiger charge is -2.08. The molecule has 0 radical (unpaired) electrons. The third kappa shape index (κ3) is 5.17. The number of H-pyrrole nitrogens is 1. The number of anilines is 2. The number of nitrogens with zero attached hydrogens (tertiary/aromatic N) is 2. The van der Waals surface area contributed by atoms with Gasteiger partial charge in [-0.3, -0.25) is 9.78 Å². The Bertz CT molecular complexity index is 1260. The molecule has 0 unspecified atom stereocenters. The van der Waals surface area contributed by atoms with Gasteiger partial charge in [0.15, 0.2) is 0 Å². The SMILES string of the molecule is CNC(=O)c1cc(Cc2ccc3nc(Nc4cccc(C(F)(F)F)c4)[nH]c3c2)ccn1.Cl. The Morgan fingerprint density at radius 2 is 1.84 bits per heavy atom. The number of rotatable bonds is 5. The molecule has 0 fully saturated rings. The number of aromatic amines is 1. The van der Waals surface area contributed by atoms with Crippen molar-refractivity contribution in [3.63, 3.8) is 0 Å². The van der Waals surface area contributed by atoms with E-state index < -0.39 is 11.7 Å². The highest BCUT2D eigenvalue weighted by Crippen LogP contribution is 2.31. The zero-order valence-electron chi connectivity index (χ0n) is 16.8. The van der Waals surface area contributed by atoms with Crippen LogP contribution in [0, 0.1) is 0 Å². The number of carbonyl (C=O) groups excluding carboxylic acids is 1. The number of alkyl halides is 3. The average molecular weight is 462 g/mol. The van der Waals surface area contributed by atoms with Crippen LogP contribution in [0.1, 0.15) is 27.2 Å². The Morgan fingerprint density at radius 3 is 2.59 bits per heavy atom. The maximum atomic E-state index is 12.9. The molecule has 32 heavy (non-hydrogen) atoms.